The van der Waals surface area contributed by atoms with Crippen molar-refractivity contribution in [2.24, 2.45) is 0 Å². The van der Waals surface area contributed by atoms with Gasteiger partial charge in [0.05, 0.1) is 16.0 Å². The van der Waals surface area contributed by atoms with Crippen LogP contribution >= 0.6 is 11.3 Å². The number of ether oxygens (including phenoxy) is 1. The van der Waals surface area contributed by atoms with Crippen molar-refractivity contribution in [3.63, 3.8) is 0 Å². The van der Waals surface area contributed by atoms with Crippen molar-refractivity contribution in [2.75, 3.05) is 22.4 Å². The van der Waals surface area contributed by atoms with Crippen molar-refractivity contribution in [1.82, 2.24) is 4.98 Å². The normalized spacial score (nSPS) is 12.0. The molecule has 0 radical (unpaired) electrons. The van der Waals surface area contributed by atoms with Crippen LogP contribution in [-0.4, -0.2) is 37.8 Å². The maximum atomic E-state index is 12.5. The minimum atomic E-state index is -4.44. The lowest BCUT2D eigenvalue weighted by Crippen LogP contribution is -2.19. The summed E-state index contributed by atoms with van der Waals surface area (Å²) in [5.41, 5.74) is 0.961. The number of benzene rings is 2. The van der Waals surface area contributed by atoms with Crippen LogP contribution in [0.25, 0.3) is 10.2 Å². The molecule has 0 aliphatic carbocycles. The number of sulfonamides is 1. The van der Waals surface area contributed by atoms with E-state index in [1.807, 2.05) is 0 Å². The molecule has 0 spiro atoms. The molecule has 0 bridgehead atoms. The average Bonchev–Trinajstić information content (AvgIpc) is 3.07. The first-order valence-electron chi connectivity index (χ1n) is 9.07. The van der Waals surface area contributed by atoms with E-state index >= 15 is 0 Å². The highest BCUT2D eigenvalue weighted by Crippen LogP contribution is 2.30. The number of nitrogens with zero attached hydrogens (tertiary/aromatic N) is 1. The fraction of sp³-hybridized carbons (Fsp3) is 0.263. The molecule has 0 aliphatic heterocycles. The lowest BCUT2D eigenvalue weighted by atomic mass is 10.2. The molecular formula is C19H18F3N3O4S2. The number of amides is 1. The van der Waals surface area contributed by atoms with Crippen LogP contribution in [0.15, 0.2) is 42.5 Å². The van der Waals surface area contributed by atoms with Gasteiger partial charge in [-0.2, -0.15) is 13.2 Å². The van der Waals surface area contributed by atoms with E-state index in [1.165, 1.54) is 36.4 Å². The van der Waals surface area contributed by atoms with Crippen molar-refractivity contribution in [3.8, 4) is 5.75 Å². The molecule has 1 aromatic heterocycles. The lowest BCUT2D eigenvalue weighted by molar-refractivity contribution is -0.153. The van der Waals surface area contributed by atoms with Gasteiger partial charge in [0.1, 0.15) is 5.75 Å². The van der Waals surface area contributed by atoms with E-state index in [2.05, 4.69) is 15.0 Å². The Hall–Kier alpha value is -2.86. The van der Waals surface area contributed by atoms with Crippen LogP contribution in [0, 0.1) is 0 Å². The summed E-state index contributed by atoms with van der Waals surface area (Å²) in [5.74, 6) is -0.508. The zero-order chi connectivity index (χ0) is 22.6. The summed E-state index contributed by atoms with van der Waals surface area (Å²) in [4.78, 5) is 16.8. The molecule has 0 fully saturated rings. The van der Waals surface area contributed by atoms with E-state index in [0.717, 1.165) is 11.3 Å². The molecule has 0 atom stereocenters. The standard InChI is InChI=1S/C19H18F3N3O4S2/c1-2-8-31(27,28)25-13-5-3-4-12(9-13)17(26)24-18-23-15-7-6-14(10-16(15)30-18)29-11-19(20,21)22/h3-7,9-10,25H,2,8,11H2,1H3,(H,23,24,26). The fourth-order valence-corrected chi connectivity index (χ4v) is 4.62. The summed E-state index contributed by atoms with van der Waals surface area (Å²) in [6.07, 6.45) is -3.99. The predicted octanol–water partition coefficient (Wildman–Crippen LogP) is 4.64. The number of rotatable bonds is 8. The first kappa shape index (κ1) is 22.8. The van der Waals surface area contributed by atoms with Crippen molar-refractivity contribution >= 4 is 48.3 Å². The number of thiazole rings is 1. The Bertz CT molecular complexity index is 1190. The number of hydrogen-bond donors (Lipinski definition) is 2. The maximum absolute atomic E-state index is 12.5. The third-order valence-corrected chi connectivity index (χ3v) is 6.28. The minimum absolute atomic E-state index is 0.0379. The van der Waals surface area contributed by atoms with Crippen LogP contribution in [0.2, 0.25) is 0 Å². The Balaban J connectivity index is 1.72. The topological polar surface area (TPSA) is 97.4 Å². The zero-order valence-electron chi connectivity index (χ0n) is 16.2. The number of aromatic nitrogens is 1. The third-order valence-electron chi connectivity index (χ3n) is 3.85. The SMILES string of the molecule is CCCS(=O)(=O)Nc1cccc(C(=O)Nc2nc3ccc(OCC(F)(F)F)cc3s2)c1. The summed E-state index contributed by atoms with van der Waals surface area (Å²) in [5, 5.41) is 2.85. The molecule has 2 aromatic carbocycles. The highest BCUT2D eigenvalue weighted by Gasteiger charge is 2.28. The summed E-state index contributed by atoms with van der Waals surface area (Å²) in [7, 11) is -3.50. The number of alkyl halides is 3. The number of carbonyl (C=O) groups is 1. The van der Waals surface area contributed by atoms with Crippen LogP contribution in [0.4, 0.5) is 24.0 Å². The van der Waals surface area contributed by atoms with Crippen LogP contribution < -0.4 is 14.8 Å². The van der Waals surface area contributed by atoms with Gasteiger partial charge in [-0.25, -0.2) is 13.4 Å². The Morgan fingerprint density at radius 3 is 2.68 bits per heavy atom. The van der Waals surface area contributed by atoms with Crippen molar-refractivity contribution in [2.45, 2.75) is 19.5 Å². The molecule has 3 aromatic rings. The Labute approximate surface area is 180 Å². The molecule has 166 valence electrons. The van der Waals surface area contributed by atoms with Crippen LogP contribution in [0.5, 0.6) is 5.75 Å². The van der Waals surface area contributed by atoms with E-state index < -0.39 is 28.7 Å². The van der Waals surface area contributed by atoms with Gasteiger partial charge in [0.25, 0.3) is 5.91 Å². The Morgan fingerprint density at radius 2 is 1.97 bits per heavy atom. The summed E-state index contributed by atoms with van der Waals surface area (Å²) in [6, 6.07) is 10.3. The zero-order valence-corrected chi connectivity index (χ0v) is 17.8. The first-order chi connectivity index (χ1) is 14.5. The lowest BCUT2D eigenvalue weighted by Gasteiger charge is -2.08. The van der Waals surface area contributed by atoms with Crippen molar-refractivity contribution < 1.29 is 31.1 Å². The van der Waals surface area contributed by atoms with Gasteiger partial charge < -0.3 is 4.74 Å². The molecule has 1 amide bonds. The van der Waals surface area contributed by atoms with Gasteiger partial charge in [-0.15, -0.1) is 0 Å². The minimum Gasteiger partial charge on any atom is -0.484 e. The van der Waals surface area contributed by atoms with Crippen molar-refractivity contribution in [1.29, 1.82) is 0 Å². The molecule has 12 heteroatoms. The van der Waals surface area contributed by atoms with Crippen LogP contribution in [0.1, 0.15) is 23.7 Å². The summed E-state index contributed by atoms with van der Waals surface area (Å²) < 4.78 is 68.4. The maximum Gasteiger partial charge on any atom is 0.422 e. The van der Waals surface area contributed by atoms with E-state index in [-0.39, 0.29) is 27.9 Å². The van der Waals surface area contributed by atoms with Crippen molar-refractivity contribution in [3.05, 3.63) is 48.0 Å². The Morgan fingerprint density at radius 1 is 1.19 bits per heavy atom. The van der Waals surface area contributed by atoms with Gasteiger partial charge in [0.2, 0.25) is 10.0 Å². The van der Waals surface area contributed by atoms with Gasteiger partial charge >= 0.3 is 6.18 Å². The molecule has 0 saturated heterocycles. The number of anilines is 2. The van der Waals surface area contributed by atoms with Crippen LogP contribution in [-0.2, 0) is 10.0 Å². The largest absolute Gasteiger partial charge is 0.484 e. The molecule has 0 aliphatic rings. The highest BCUT2D eigenvalue weighted by molar-refractivity contribution is 7.92. The van der Waals surface area contributed by atoms with Gasteiger partial charge in [-0.05, 0) is 42.8 Å². The summed E-state index contributed by atoms with van der Waals surface area (Å²) in [6.45, 7) is 0.339. The van der Waals surface area contributed by atoms with E-state index in [9.17, 15) is 26.4 Å². The highest BCUT2D eigenvalue weighted by atomic mass is 32.2. The quantitative estimate of drug-likeness (QED) is 0.497. The number of carbonyl (C=O) groups excluding carboxylic acids is 1. The van der Waals surface area contributed by atoms with Gasteiger partial charge in [-0.3, -0.25) is 14.8 Å². The molecule has 7 nitrogen and oxygen atoms in total. The fourth-order valence-electron chi connectivity index (χ4n) is 2.61. The van der Waals surface area contributed by atoms with E-state index in [4.69, 9.17) is 4.74 Å². The second kappa shape index (κ2) is 9.10. The number of fused-ring (bicyclic) bond motifs is 1. The molecule has 0 saturated carbocycles. The number of halogens is 3. The number of hydrogen-bond acceptors (Lipinski definition) is 6. The second-order valence-electron chi connectivity index (χ2n) is 6.51. The van der Waals surface area contributed by atoms with E-state index in [0.29, 0.717) is 16.6 Å². The molecular weight excluding hydrogens is 455 g/mol. The molecule has 1 heterocycles. The van der Waals surface area contributed by atoms with Gasteiger partial charge in [-0.1, -0.05) is 24.3 Å². The monoisotopic (exact) mass is 473 g/mol. The summed E-state index contributed by atoms with van der Waals surface area (Å²) >= 11 is 1.07. The molecule has 31 heavy (non-hydrogen) atoms. The molecule has 0 unspecified atom stereocenters. The second-order valence-corrected chi connectivity index (χ2v) is 9.38. The predicted molar refractivity (Wildman–Crippen MR) is 113 cm³/mol. The van der Waals surface area contributed by atoms with Gasteiger partial charge in [0, 0.05) is 11.3 Å². The average molecular weight is 473 g/mol. The number of nitrogens with one attached hydrogen (secondary N) is 2. The third kappa shape index (κ3) is 6.56. The molecule has 3 rings (SSSR count). The van der Waals surface area contributed by atoms with Gasteiger partial charge in [0.15, 0.2) is 11.7 Å². The Kier molecular flexibility index (Phi) is 6.70. The van der Waals surface area contributed by atoms with E-state index in [1.54, 1.807) is 13.0 Å². The smallest absolute Gasteiger partial charge is 0.422 e. The molecule has 2 N–H and O–H groups in total. The van der Waals surface area contributed by atoms with Crippen LogP contribution in [0.3, 0.4) is 0 Å². The first-order valence-corrected chi connectivity index (χ1v) is 11.5.